The van der Waals surface area contributed by atoms with Crippen molar-refractivity contribution in [3.63, 3.8) is 0 Å². The van der Waals surface area contributed by atoms with Gasteiger partial charge in [0.15, 0.2) is 0 Å². The molecule has 0 spiro atoms. The van der Waals surface area contributed by atoms with E-state index in [-0.39, 0.29) is 15.5 Å². The number of alkyl halides is 3. The third-order valence-corrected chi connectivity index (χ3v) is 6.46. The van der Waals surface area contributed by atoms with Gasteiger partial charge in [-0.2, -0.15) is 0 Å². The third kappa shape index (κ3) is 5.34. The van der Waals surface area contributed by atoms with Gasteiger partial charge in [0.1, 0.15) is 5.75 Å². The van der Waals surface area contributed by atoms with Crippen LogP contribution in [0, 0.1) is 0 Å². The lowest BCUT2D eigenvalue weighted by molar-refractivity contribution is -0.274. The number of halogens is 3. The normalized spacial score (nSPS) is 12.8. The topological polar surface area (TPSA) is 102 Å². The molecule has 13 heteroatoms. The summed E-state index contributed by atoms with van der Waals surface area (Å²) in [6, 6.07) is 8.37. The molecule has 0 aliphatic rings. The maximum Gasteiger partial charge on any atom is 0.573 e. The standard InChI is InChI=1S/C15H15F3N2O6S2/c1-20(25-2)28(23,24)14-7-3-11(4-8-14)19-27(21,22)13-9-5-12(6-10-13)26-15(16,17)18/h3-10,19H,1-2H3. The molecular weight excluding hydrogens is 425 g/mol. The molecule has 0 unspecified atom stereocenters. The number of nitrogens with zero attached hydrogens (tertiary/aromatic N) is 1. The Balaban J connectivity index is 2.18. The van der Waals surface area contributed by atoms with E-state index in [2.05, 4.69) is 14.3 Å². The van der Waals surface area contributed by atoms with Crippen molar-refractivity contribution >= 4 is 25.7 Å². The third-order valence-electron chi connectivity index (χ3n) is 3.37. The maximum atomic E-state index is 12.3. The van der Waals surface area contributed by atoms with Crippen LogP contribution in [0.1, 0.15) is 0 Å². The molecule has 0 saturated heterocycles. The number of benzene rings is 2. The summed E-state index contributed by atoms with van der Waals surface area (Å²) < 4.78 is 91.7. The molecule has 0 aliphatic heterocycles. The van der Waals surface area contributed by atoms with E-state index in [1.807, 2.05) is 0 Å². The molecule has 0 saturated carbocycles. The number of hydroxylamine groups is 1. The molecule has 0 aromatic heterocycles. The summed E-state index contributed by atoms with van der Waals surface area (Å²) in [6.07, 6.45) is -4.89. The molecule has 154 valence electrons. The lowest BCUT2D eigenvalue weighted by Crippen LogP contribution is -2.25. The van der Waals surface area contributed by atoms with Gasteiger partial charge in [-0.25, -0.2) is 16.8 Å². The van der Waals surface area contributed by atoms with Gasteiger partial charge in [0, 0.05) is 12.7 Å². The van der Waals surface area contributed by atoms with Crippen LogP contribution in [-0.4, -0.2) is 41.8 Å². The highest BCUT2D eigenvalue weighted by molar-refractivity contribution is 7.92. The molecule has 2 rings (SSSR count). The van der Waals surface area contributed by atoms with Gasteiger partial charge < -0.3 is 4.74 Å². The fourth-order valence-corrected chi connectivity index (χ4v) is 4.01. The Morgan fingerprint density at radius 1 is 0.893 bits per heavy atom. The van der Waals surface area contributed by atoms with Crippen molar-refractivity contribution in [2.75, 3.05) is 18.9 Å². The van der Waals surface area contributed by atoms with Gasteiger partial charge in [-0.05, 0) is 48.5 Å². The minimum Gasteiger partial charge on any atom is -0.406 e. The zero-order valence-corrected chi connectivity index (χ0v) is 16.1. The van der Waals surface area contributed by atoms with Gasteiger partial charge in [0.05, 0.1) is 16.9 Å². The molecule has 28 heavy (non-hydrogen) atoms. The Morgan fingerprint density at radius 2 is 1.39 bits per heavy atom. The van der Waals surface area contributed by atoms with Gasteiger partial charge in [-0.15, -0.1) is 13.2 Å². The predicted octanol–water partition coefficient (Wildman–Crippen LogP) is 2.57. The second-order valence-electron chi connectivity index (χ2n) is 5.25. The maximum absolute atomic E-state index is 12.3. The van der Waals surface area contributed by atoms with Gasteiger partial charge in [-0.3, -0.25) is 9.56 Å². The first-order valence-electron chi connectivity index (χ1n) is 7.37. The summed E-state index contributed by atoms with van der Waals surface area (Å²) in [5, 5.41) is 0. The molecule has 2 aromatic rings. The monoisotopic (exact) mass is 440 g/mol. The molecule has 0 radical (unpaired) electrons. The summed E-state index contributed by atoms with van der Waals surface area (Å²) in [5.41, 5.74) is 0.0506. The average molecular weight is 440 g/mol. The van der Waals surface area contributed by atoms with Crippen molar-refractivity contribution in [3.8, 4) is 5.75 Å². The number of nitrogens with one attached hydrogen (secondary N) is 1. The molecule has 0 heterocycles. The summed E-state index contributed by atoms with van der Waals surface area (Å²) in [5.74, 6) is -0.566. The number of hydrogen-bond acceptors (Lipinski definition) is 6. The van der Waals surface area contributed by atoms with E-state index in [0.717, 1.165) is 24.3 Å². The predicted molar refractivity (Wildman–Crippen MR) is 92.3 cm³/mol. The van der Waals surface area contributed by atoms with Crippen LogP contribution in [0.15, 0.2) is 58.3 Å². The van der Waals surface area contributed by atoms with E-state index in [0.29, 0.717) is 4.47 Å². The van der Waals surface area contributed by atoms with Crippen molar-refractivity contribution in [1.82, 2.24) is 4.47 Å². The highest BCUT2D eigenvalue weighted by Gasteiger charge is 2.31. The van der Waals surface area contributed by atoms with Crippen LogP contribution in [0.3, 0.4) is 0 Å². The summed E-state index contributed by atoms with van der Waals surface area (Å²) in [6.45, 7) is 0. The molecule has 2 aromatic carbocycles. The van der Waals surface area contributed by atoms with Crippen LogP contribution in [0.4, 0.5) is 18.9 Å². The Morgan fingerprint density at radius 3 is 1.86 bits per heavy atom. The van der Waals surface area contributed by atoms with E-state index in [1.54, 1.807) is 0 Å². The van der Waals surface area contributed by atoms with Crippen LogP contribution < -0.4 is 9.46 Å². The number of rotatable bonds is 7. The first-order valence-corrected chi connectivity index (χ1v) is 10.3. The Bertz CT molecular complexity index is 1020. The lowest BCUT2D eigenvalue weighted by atomic mass is 10.3. The first-order chi connectivity index (χ1) is 12.8. The van der Waals surface area contributed by atoms with E-state index in [4.69, 9.17) is 0 Å². The van der Waals surface area contributed by atoms with Gasteiger partial charge in [0.25, 0.3) is 20.0 Å². The second-order valence-corrected chi connectivity index (χ2v) is 8.86. The smallest absolute Gasteiger partial charge is 0.406 e. The van der Waals surface area contributed by atoms with Gasteiger partial charge in [-0.1, -0.05) is 4.47 Å². The van der Waals surface area contributed by atoms with Crippen LogP contribution in [0.5, 0.6) is 5.75 Å². The molecule has 8 nitrogen and oxygen atoms in total. The summed E-state index contributed by atoms with van der Waals surface area (Å²) >= 11 is 0. The van der Waals surface area contributed by atoms with Crippen molar-refractivity contribution in [3.05, 3.63) is 48.5 Å². The fraction of sp³-hybridized carbons (Fsp3) is 0.200. The average Bonchev–Trinajstić information content (AvgIpc) is 2.60. The zero-order chi connectivity index (χ0) is 21.2. The Hall–Kier alpha value is -2.35. The number of hydrogen-bond donors (Lipinski definition) is 1. The number of anilines is 1. The van der Waals surface area contributed by atoms with E-state index >= 15 is 0 Å². The van der Waals surface area contributed by atoms with Crippen molar-refractivity contribution in [2.24, 2.45) is 0 Å². The lowest BCUT2D eigenvalue weighted by Gasteiger charge is -2.14. The molecule has 0 atom stereocenters. The number of ether oxygens (including phenoxy) is 1. The van der Waals surface area contributed by atoms with Crippen LogP contribution in [-0.2, 0) is 24.9 Å². The number of sulfonamides is 2. The Kier molecular flexibility index (Phi) is 6.23. The van der Waals surface area contributed by atoms with E-state index < -0.39 is 32.2 Å². The Labute approximate surface area is 159 Å². The van der Waals surface area contributed by atoms with Crippen LogP contribution >= 0.6 is 0 Å². The van der Waals surface area contributed by atoms with Crippen LogP contribution in [0.2, 0.25) is 0 Å². The van der Waals surface area contributed by atoms with Gasteiger partial charge >= 0.3 is 6.36 Å². The molecule has 1 N–H and O–H groups in total. The van der Waals surface area contributed by atoms with Crippen molar-refractivity contribution < 1.29 is 39.6 Å². The second kappa shape index (κ2) is 7.95. The molecule has 0 bridgehead atoms. The molecule has 0 amide bonds. The summed E-state index contributed by atoms with van der Waals surface area (Å²) in [7, 11) is -5.64. The van der Waals surface area contributed by atoms with Gasteiger partial charge in [0.2, 0.25) is 0 Å². The molecule has 0 fully saturated rings. The highest BCUT2D eigenvalue weighted by atomic mass is 32.2. The minimum absolute atomic E-state index is 0.0506. The first kappa shape index (κ1) is 21.9. The molecule has 0 aliphatic carbocycles. The van der Waals surface area contributed by atoms with Crippen molar-refractivity contribution in [1.29, 1.82) is 0 Å². The van der Waals surface area contributed by atoms with Crippen molar-refractivity contribution in [2.45, 2.75) is 16.2 Å². The van der Waals surface area contributed by atoms with E-state index in [1.165, 1.54) is 38.4 Å². The fourth-order valence-electron chi connectivity index (χ4n) is 1.98. The minimum atomic E-state index is -4.89. The SMILES string of the molecule is CON(C)S(=O)(=O)c1ccc(NS(=O)(=O)c2ccc(OC(F)(F)F)cc2)cc1. The quantitative estimate of drug-likeness (QED) is 0.664. The largest absolute Gasteiger partial charge is 0.573 e. The molecular formula is C15H15F3N2O6S2. The highest BCUT2D eigenvalue weighted by Crippen LogP contribution is 2.25. The van der Waals surface area contributed by atoms with E-state index in [9.17, 15) is 30.0 Å². The zero-order valence-electron chi connectivity index (χ0n) is 14.5. The summed E-state index contributed by atoms with van der Waals surface area (Å²) in [4.78, 5) is 4.19. The van der Waals surface area contributed by atoms with Crippen LogP contribution in [0.25, 0.3) is 0 Å².